The Morgan fingerprint density at radius 3 is 2.76 bits per heavy atom. The van der Waals surface area contributed by atoms with Crippen molar-refractivity contribution in [2.45, 2.75) is 35.5 Å². The molecule has 132 valence electrons. The van der Waals surface area contributed by atoms with Gasteiger partial charge in [-0.3, -0.25) is 4.79 Å². The van der Waals surface area contributed by atoms with Crippen LogP contribution in [0.15, 0.2) is 35.4 Å². The molecule has 0 radical (unpaired) electrons. The van der Waals surface area contributed by atoms with Crippen molar-refractivity contribution in [3.63, 3.8) is 0 Å². The number of aromatic nitrogens is 1. The minimum atomic E-state index is -3.32. The molecule has 2 heterocycles. The van der Waals surface area contributed by atoms with Crippen molar-refractivity contribution in [1.82, 2.24) is 4.98 Å². The van der Waals surface area contributed by atoms with Crippen LogP contribution >= 0.6 is 11.3 Å². The lowest BCUT2D eigenvalue weighted by atomic mass is 10.1. The van der Waals surface area contributed by atoms with Gasteiger partial charge in [-0.15, -0.1) is 0 Å². The lowest BCUT2D eigenvalue weighted by molar-refractivity contribution is 0.104. The van der Waals surface area contributed by atoms with Crippen LogP contribution in [-0.4, -0.2) is 48.7 Å². The molecule has 4 rings (SSSR count). The van der Waals surface area contributed by atoms with Gasteiger partial charge in [0.1, 0.15) is 0 Å². The summed E-state index contributed by atoms with van der Waals surface area (Å²) in [6.45, 7) is 1.24. The second-order valence-electron chi connectivity index (χ2n) is 6.50. The highest BCUT2D eigenvalue weighted by molar-refractivity contribution is 7.92. The molecule has 1 saturated carbocycles. The Morgan fingerprint density at radius 2 is 2.08 bits per heavy atom. The summed E-state index contributed by atoms with van der Waals surface area (Å²) in [7, 11) is -3.32. The van der Waals surface area contributed by atoms with E-state index in [0.717, 1.165) is 6.54 Å². The molecule has 0 amide bonds. The van der Waals surface area contributed by atoms with Gasteiger partial charge in [0.25, 0.3) is 0 Å². The molecule has 1 N–H and O–H groups in total. The van der Waals surface area contributed by atoms with Gasteiger partial charge in [-0.2, -0.15) is 0 Å². The van der Waals surface area contributed by atoms with Gasteiger partial charge >= 0.3 is 0 Å². The summed E-state index contributed by atoms with van der Waals surface area (Å²) in [6.07, 6.45) is 3.26. The normalized spacial score (nSPS) is 20.8. The molecule has 8 heteroatoms. The number of aliphatic hydroxyl groups excluding tert-OH is 1. The van der Waals surface area contributed by atoms with Gasteiger partial charge in [-0.1, -0.05) is 23.5 Å². The third-order valence-corrected chi connectivity index (χ3v) is 7.86. The number of nitrogens with zero attached hydrogens (tertiary/aromatic N) is 2. The molecule has 2 fully saturated rings. The lowest BCUT2D eigenvalue weighted by Gasteiger charge is -2.12. The van der Waals surface area contributed by atoms with E-state index in [1.54, 1.807) is 18.2 Å². The van der Waals surface area contributed by atoms with Gasteiger partial charge < -0.3 is 10.0 Å². The Hall–Kier alpha value is -1.77. The van der Waals surface area contributed by atoms with E-state index in [9.17, 15) is 18.3 Å². The third kappa shape index (κ3) is 3.21. The Kier molecular flexibility index (Phi) is 4.13. The van der Waals surface area contributed by atoms with Crippen LogP contribution in [0, 0.1) is 0 Å². The molecule has 0 bridgehead atoms. The first kappa shape index (κ1) is 16.7. The zero-order valence-electron chi connectivity index (χ0n) is 13.5. The second-order valence-corrected chi connectivity index (χ2v) is 9.73. The molecular weight excluding hydrogens is 360 g/mol. The van der Waals surface area contributed by atoms with Crippen molar-refractivity contribution in [3.05, 3.63) is 40.9 Å². The molecule has 0 spiro atoms. The maximum absolute atomic E-state index is 12.7. The smallest absolute Gasteiger partial charge is 0.204 e. The van der Waals surface area contributed by atoms with Crippen LogP contribution in [-0.2, 0) is 9.84 Å². The van der Waals surface area contributed by atoms with Crippen molar-refractivity contribution in [3.8, 4) is 0 Å². The predicted octanol–water partition coefficient (Wildman–Crippen LogP) is 1.88. The third-order valence-electron chi connectivity index (χ3n) is 4.54. The summed E-state index contributed by atoms with van der Waals surface area (Å²) < 4.78 is 24.7. The molecule has 0 unspecified atom stereocenters. The summed E-state index contributed by atoms with van der Waals surface area (Å²) in [4.78, 5) is 19.6. The van der Waals surface area contributed by atoms with Gasteiger partial charge in [-0.25, -0.2) is 13.4 Å². The number of carbonyl (C=O) groups excluding carboxylic acids is 1. The molecule has 2 aromatic rings. The Bertz CT molecular complexity index is 918. The van der Waals surface area contributed by atoms with E-state index in [1.165, 1.54) is 23.6 Å². The fourth-order valence-electron chi connectivity index (χ4n) is 2.96. The Morgan fingerprint density at radius 1 is 1.28 bits per heavy atom. The van der Waals surface area contributed by atoms with Gasteiger partial charge in [0.15, 0.2) is 15.0 Å². The van der Waals surface area contributed by atoms with Gasteiger partial charge in [-0.05, 0) is 31.4 Å². The molecule has 1 atom stereocenters. The largest absolute Gasteiger partial charge is 0.391 e. The van der Waals surface area contributed by atoms with E-state index in [4.69, 9.17) is 0 Å². The standard InChI is InChI=1S/C17H18N2O4S2/c20-12-6-7-19(10-12)17-18-9-15(24-17)16(21)11-2-1-3-14(8-11)25(22,23)13-4-5-13/h1-3,8-9,12-13,20H,4-7,10H2/t12-/m0/s1. The second kappa shape index (κ2) is 6.19. The summed E-state index contributed by atoms with van der Waals surface area (Å²) in [5, 5.41) is 10.0. The van der Waals surface area contributed by atoms with Crippen LogP contribution in [0.1, 0.15) is 34.5 Å². The van der Waals surface area contributed by atoms with Crippen molar-refractivity contribution in [2.75, 3.05) is 18.0 Å². The Labute approximate surface area is 150 Å². The number of β-amino-alcohol motifs (C(OH)–C–C–N with tert-alkyl or cyclic N) is 1. The highest BCUT2D eigenvalue weighted by Gasteiger charge is 2.37. The van der Waals surface area contributed by atoms with Crippen LogP contribution in [0.5, 0.6) is 0 Å². The number of rotatable bonds is 5. The number of sulfone groups is 1. The molecule has 1 aromatic heterocycles. The molecule has 1 aromatic carbocycles. The summed E-state index contributed by atoms with van der Waals surface area (Å²) in [6, 6.07) is 6.26. The van der Waals surface area contributed by atoms with E-state index in [1.807, 2.05) is 4.90 Å². The highest BCUT2D eigenvalue weighted by Crippen LogP contribution is 2.34. The fraction of sp³-hybridized carbons (Fsp3) is 0.412. The molecule has 6 nitrogen and oxygen atoms in total. The van der Waals surface area contributed by atoms with E-state index < -0.39 is 9.84 Å². The number of aliphatic hydroxyl groups is 1. The first-order valence-electron chi connectivity index (χ1n) is 8.22. The van der Waals surface area contributed by atoms with Crippen molar-refractivity contribution >= 4 is 32.1 Å². The van der Waals surface area contributed by atoms with Crippen LogP contribution in [0.3, 0.4) is 0 Å². The predicted molar refractivity (Wildman–Crippen MR) is 95.0 cm³/mol. The fourth-order valence-corrected chi connectivity index (χ4v) is 5.57. The molecule has 1 aliphatic heterocycles. The van der Waals surface area contributed by atoms with E-state index in [-0.39, 0.29) is 22.0 Å². The summed E-state index contributed by atoms with van der Waals surface area (Å²) in [5.41, 5.74) is 0.360. The van der Waals surface area contributed by atoms with Crippen LogP contribution in [0.25, 0.3) is 0 Å². The number of hydrogen-bond donors (Lipinski definition) is 1. The maximum Gasteiger partial charge on any atom is 0.204 e. The number of thiazole rings is 1. The van der Waals surface area contributed by atoms with Gasteiger partial charge in [0.05, 0.1) is 27.3 Å². The van der Waals surface area contributed by atoms with Crippen molar-refractivity contribution < 1.29 is 18.3 Å². The number of anilines is 1. The molecule has 2 aliphatic rings. The first-order valence-corrected chi connectivity index (χ1v) is 10.6. The van der Waals surface area contributed by atoms with Crippen LogP contribution in [0.4, 0.5) is 5.13 Å². The Balaban J connectivity index is 1.58. The molecule has 1 saturated heterocycles. The van der Waals surface area contributed by atoms with Gasteiger partial charge in [0, 0.05) is 18.7 Å². The van der Waals surface area contributed by atoms with Gasteiger partial charge in [0.2, 0.25) is 5.78 Å². The zero-order valence-corrected chi connectivity index (χ0v) is 15.1. The minimum Gasteiger partial charge on any atom is -0.391 e. The van der Waals surface area contributed by atoms with E-state index in [0.29, 0.717) is 41.4 Å². The van der Waals surface area contributed by atoms with Crippen LogP contribution in [0.2, 0.25) is 0 Å². The number of carbonyl (C=O) groups is 1. The highest BCUT2D eigenvalue weighted by atomic mass is 32.2. The summed E-state index contributed by atoms with van der Waals surface area (Å²) in [5.74, 6) is -0.226. The zero-order chi connectivity index (χ0) is 17.6. The van der Waals surface area contributed by atoms with Crippen molar-refractivity contribution in [1.29, 1.82) is 0 Å². The summed E-state index contributed by atoms with van der Waals surface area (Å²) >= 11 is 1.27. The average Bonchev–Trinajstić information content (AvgIpc) is 3.21. The minimum absolute atomic E-state index is 0.216. The SMILES string of the molecule is O=C(c1cccc(S(=O)(=O)C2CC2)c1)c1cnc(N2CC[C@H](O)C2)s1. The lowest BCUT2D eigenvalue weighted by Crippen LogP contribution is -2.20. The monoisotopic (exact) mass is 378 g/mol. The first-order chi connectivity index (χ1) is 11.9. The quantitative estimate of drug-likeness (QED) is 0.800. The molecule has 25 heavy (non-hydrogen) atoms. The van der Waals surface area contributed by atoms with Crippen LogP contribution < -0.4 is 4.90 Å². The molecule has 1 aliphatic carbocycles. The average molecular weight is 378 g/mol. The maximum atomic E-state index is 12.7. The van der Waals surface area contributed by atoms with Crippen molar-refractivity contribution in [2.24, 2.45) is 0 Å². The molecular formula is C17H18N2O4S2. The number of ketones is 1. The topological polar surface area (TPSA) is 87.6 Å². The number of hydrogen-bond acceptors (Lipinski definition) is 7. The van der Waals surface area contributed by atoms with E-state index in [2.05, 4.69) is 4.98 Å². The number of benzene rings is 1. The van der Waals surface area contributed by atoms with E-state index >= 15 is 0 Å².